The third-order valence-corrected chi connectivity index (χ3v) is 4.97. The lowest BCUT2D eigenvalue weighted by Gasteiger charge is -2.27. The zero-order chi connectivity index (χ0) is 14.5. The number of hydrogen-bond acceptors (Lipinski definition) is 1. The standard InChI is InChI=1S/C19H28O/c1-4-5-6-16-8-11-17(12-9-16)19(20)18-10-7-14(2)15(3)13-18/h7,10,13,16-17H,4-6,8-9,11-12H2,1-3H3. The van der Waals surface area contributed by atoms with E-state index >= 15 is 0 Å². The summed E-state index contributed by atoms with van der Waals surface area (Å²) in [5.74, 6) is 1.52. The Morgan fingerprint density at radius 2 is 1.80 bits per heavy atom. The predicted octanol–water partition coefficient (Wildman–Crippen LogP) is 5.48. The predicted molar refractivity (Wildman–Crippen MR) is 85.2 cm³/mol. The van der Waals surface area contributed by atoms with Gasteiger partial charge in [-0.05, 0) is 62.6 Å². The molecule has 1 aliphatic carbocycles. The molecule has 1 nitrogen and oxygen atoms in total. The first-order chi connectivity index (χ1) is 9.61. The highest BCUT2D eigenvalue weighted by Gasteiger charge is 2.26. The minimum absolute atomic E-state index is 0.273. The van der Waals surface area contributed by atoms with Crippen molar-refractivity contribution >= 4 is 5.78 Å². The second-order valence-electron chi connectivity index (χ2n) is 6.52. The van der Waals surface area contributed by atoms with E-state index in [-0.39, 0.29) is 5.92 Å². The lowest BCUT2D eigenvalue weighted by atomic mass is 9.77. The van der Waals surface area contributed by atoms with Crippen LogP contribution in [0.25, 0.3) is 0 Å². The van der Waals surface area contributed by atoms with Gasteiger partial charge in [0.25, 0.3) is 0 Å². The van der Waals surface area contributed by atoms with Gasteiger partial charge >= 0.3 is 0 Å². The van der Waals surface area contributed by atoms with Crippen LogP contribution in [0.15, 0.2) is 18.2 Å². The van der Waals surface area contributed by atoms with Crippen LogP contribution in [0.4, 0.5) is 0 Å². The number of aryl methyl sites for hydroxylation is 2. The first kappa shape index (κ1) is 15.3. The van der Waals surface area contributed by atoms with Gasteiger partial charge in [-0.3, -0.25) is 4.79 Å². The van der Waals surface area contributed by atoms with E-state index in [1.165, 1.54) is 43.2 Å². The van der Waals surface area contributed by atoms with E-state index in [2.05, 4.69) is 32.9 Å². The Hall–Kier alpha value is -1.11. The van der Waals surface area contributed by atoms with Gasteiger partial charge in [0.2, 0.25) is 0 Å². The van der Waals surface area contributed by atoms with Crippen LogP contribution in [0.3, 0.4) is 0 Å². The van der Waals surface area contributed by atoms with E-state index in [4.69, 9.17) is 0 Å². The number of rotatable bonds is 5. The van der Waals surface area contributed by atoms with Gasteiger partial charge in [0, 0.05) is 11.5 Å². The van der Waals surface area contributed by atoms with Gasteiger partial charge in [0.05, 0.1) is 0 Å². The van der Waals surface area contributed by atoms with Crippen molar-refractivity contribution in [3.05, 3.63) is 34.9 Å². The molecular formula is C19H28O. The van der Waals surface area contributed by atoms with Gasteiger partial charge < -0.3 is 0 Å². The number of Topliss-reactive ketones (excluding diaryl/α,β-unsaturated/α-hetero) is 1. The molecule has 1 saturated carbocycles. The third-order valence-electron chi connectivity index (χ3n) is 4.97. The summed E-state index contributed by atoms with van der Waals surface area (Å²) in [6.45, 7) is 6.45. The number of hydrogen-bond donors (Lipinski definition) is 0. The van der Waals surface area contributed by atoms with E-state index in [1.54, 1.807) is 0 Å². The lowest BCUT2D eigenvalue weighted by molar-refractivity contribution is 0.0869. The van der Waals surface area contributed by atoms with Crippen LogP contribution in [0, 0.1) is 25.7 Å². The molecule has 20 heavy (non-hydrogen) atoms. The topological polar surface area (TPSA) is 17.1 Å². The molecule has 1 aliphatic rings. The Bertz CT molecular complexity index is 453. The van der Waals surface area contributed by atoms with E-state index in [1.807, 2.05) is 6.07 Å². The van der Waals surface area contributed by atoms with E-state index in [0.29, 0.717) is 5.78 Å². The summed E-state index contributed by atoms with van der Waals surface area (Å²) in [7, 11) is 0. The highest BCUT2D eigenvalue weighted by Crippen LogP contribution is 2.33. The van der Waals surface area contributed by atoms with Crippen LogP contribution < -0.4 is 0 Å². The Balaban J connectivity index is 1.92. The molecule has 110 valence electrons. The highest BCUT2D eigenvalue weighted by molar-refractivity contribution is 5.98. The van der Waals surface area contributed by atoms with Gasteiger partial charge in [0.15, 0.2) is 5.78 Å². The van der Waals surface area contributed by atoms with Crippen molar-refractivity contribution in [1.29, 1.82) is 0 Å². The smallest absolute Gasteiger partial charge is 0.165 e. The van der Waals surface area contributed by atoms with Gasteiger partial charge in [-0.2, -0.15) is 0 Å². The first-order valence-corrected chi connectivity index (χ1v) is 8.23. The maximum atomic E-state index is 12.6. The minimum atomic E-state index is 0.273. The maximum absolute atomic E-state index is 12.6. The molecule has 0 amide bonds. The summed E-state index contributed by atoms with van der Waals surface area (Å²) in [4.78, 5) is 12.6. The van der Waals surface area contributed by atoms with Gasteiger partial charge in [-0.25, -0.2) is 0 Å². The van der Waals surface area contributed by atoms with E-state index < -0.39 is 0 Å². The molecular weight excluding hydrogens is 244 g/mol. The van der Waals surface area contributed by atoms with Crippen molar-refractivity contribution in [1.82, 2.24) is 0 Å². The Morgan fingerprint density at radius 3 is 2.40 bits per heavy atom. The highest BCUT2D eigenvalue weighted by atomic mass is 16.1. The summed E-state index contributed by atoms with van der Waals surface area (Å²) in [5, 5.41) is 0. The fourth-order valence-electron chi connectivity index (χ4n) is 3.34. The van der Waals surface area contributed by atoms with Crippen molar-refractivity contribution in [3.8, 4) is 0 Å². The first-order valence-electron chi connectivity index (χ1n) is 8.23. The molecule has 1 aromatic carbocycles. The molecule has 0 aliphatic heterocycles. The van der Waals surface area contributed by atoms with Crippen LogP contribution in [0.2, 0.25) is 0 Å². The number of carbonyl (C=O) groups excluding carboxylic acids is 1. The molecule has 0 bridgehead atoms. The van der Waals surface area contributed by atoms with Crippen LogP contribution in [0.1, 0.15) is 73.4 Å². The quantitative estimate of drug-likeness (QED) is 0.648. The zero-order valence-electron chi connectivity index (χ0n) is 13.2. The average molecular weight is 272 g/mol. The summed E-state index contributed by atoms with van der Waals surface area (Å²) in [6, 6.07) is 6.16. The number of ketones is 1. The van der Waals surface area contributed by atoms with Crippen molar-refractivity contribution in [3.63, 3.8) is 0 Å². The Kier molecular flexibility index (Phi) is 5.39. The third kappa shape index (κ3) is 3.71. The molecule has 0 N–H and O–H groups in total. The molecule has 0 unspecified atom stereocenters. The maximum Gasteiger partial charge on any atom is 0.165 e. The molecule has 1 heteroatoms. The molecule has 0 saturated heterocycles. The van der Waals surface area contributed by atoms with Crippen LogP contribution in [0.5, 0.6) is 0 Å². The van der Waals surface area contributed by atoms with Gasteiger partial charge in [0.1, 0.15) is 0 Å². The van der Waals surface area contributed by atoms with Crippen molar-refractivity contribution in [2.45, 2.75) is 65.7 Å². The van der Waals surface area contributed by atoms with E-state index in [0.717, 1.165) is 24.3 Å². The number of unbranched alkanes of at least 4 members (excludes halogenated alkanes) is 1. The van der Waals surface area contributed by atoms with Crippen molar-refractivity contribution in [2.24, 2.45) is 11.8 Å². The Morgan fingerprint density at radius 1 is 1.10 bits per heavy atom. The fraction of sp³-hybridized carbons (Fsp3) is 0.632. The summed E-state index contributed by atoms with van der Waals surface area (Å²) >= 11 is 0. The van der Waals surface area contributed by atoms with Crippen molar-refractivity contribution < 1.29 is 4.79 Å². The largest absolute Gasteiger partial charge is 0.294 e. The summed E-state index contributed by atoms with van der Waals surface area (Å²) in [6.07, 6.45) is 8.70. The zero-order valence-corrected chi connectivity index (χ0v) is 13.2. The molecule has 1 aromatic rings. The second kappa shape index (κ2) is 7.06. The molecule has 0 spiro atoms. The van der Waals surface area contributed by atoms with Crippen LogP contribution in [-0.4, -0.2) is 5.78 Å². The lowest BCUT2D eigenvalue weighted by Crippen LogP contribution is -2.22. The molecule has 0 heterocycles. The van der Waals surface area contributed by atoms with Gasteiger partial charge in [-0.15, -0.1) is 0 Å². The molecule has 0 atom stereocenters. The number of benzene rings is 1. The second-order valence-corrected chi connectivity index (χ2v) is 6.52. The SMILES string of the molecule is CCCCC1CCC(C(=O)c2ccc(C)c(C)c2)CC1. The molecule has 0 aromatic heterocycles. The fourth-order valence-corrected chi connectivity index (χ4v) is 3.34. The monoisotopic (exact) mass is 272 g/mol. The number of carbonyl (C=O) groups is 1. The van der Waals surface area contributed by atoms with E-state index in [9.17, 15) is 4.79 Å². The summed E-state index contributed by atoms with van der Waals surface area (Å²) < 4.78 is 0. The molecule has 1 fully saturated rings. The molecule has 2 rings (SSSR count). The summed E-state index contributed by atoms with van der Waals surface area (Å²) in [5.41, 5.74) is 3.42. The van der Waals surface area contributed by atoms with Crippen LogP contribution in [-0.2, 0) is 0 Å². The average Bonchev–Trinajstić information content (AvgIpc) is 2.48. The normalized spacial score (nSPS) is 22.8. The minimum Gasteiger partial charge on any atom is -0.294 e. The molecule has 0 radical (unpaired) electrons. The van der Waals surface area contributed by atoms with Crippen molar-refractivity contribution in [2.75, 3.05) is 0 Å². The Labute approximate surface area is 123 Å². The van der Waals surface area contributed by atoms with Gasteiger partial charge in [-0.1, -0.05) is 38.3 Å². The van der Waals surface area contributed by atoms with Crippen LogP contribution >= 0.6 is 0 Å².